The summed E-state index contributed by atoms with van der Waals surface area (Å²) in [4.78, 5) is 17.5. The molecule has 0 aliphatic carbocycles. The van der Waals surface area contributed by atoms with Crippen LogP contribution in [0.1, 0.15) is 16.1 Å². The molecule has 82 valence electrons. The van der Waals surface area contributed by atoms with Gasteiger partial charge in [-0.15, -0.1) is 0 Å². The maximum Gasteiger partial charge on any atom is 0.354 e. The van der Waals surface area contributed by atoms with Crippen molar-refractivity contribution < 1.29 is 9.90 Å². The molecule has 2 heterocycles. The molecule has 2 aromatic rings. The molecule has 0 fully saturated rings. The SMILES string of the molecule is O=C(O)c1c[nH]c(=S)n1Cc1ccncc1. The van der Waals surface area contributed by atoms with Gasteiger partial charge in [-0.2, -0.15) is 0 Å². The lowest BCUT2D eigenvalue weighted by Gasteiger charge is -2.04. The van der Waals surface area contributed by atoms with Gasteiger partial charge in [-0.1, -0.05) is 0 Å². The van der Waals surface area contributed by atoms with Crippen LogP contribution in [0, 0.1) is 4.77 Å². The van der Waals surface area contributed by atoms with E-state index in [4.69, 9.17) is 17.3 Å². The number of hydrogen-bond acceptors (Lipinski definition) is 3. The van der Waals surface area contributed by atoms with Crippen LogP contribution >= 0.6 is 12.2 Å². The van der Waals surface area contributed by atoms with E-state index in [1.165, 1.54) is 10.8 Å². The molecule has 0 aliphatic heterocycles. The summed E-state index contributed by atoms with van der Waals surface area (Å²) >= 11 is 5.02. The maximum atomic E-state index is 10.9. The fourth-order valence-electron chi connectivity index (χ4n) is 1.40. The molecule has 0 bridgehead atoms. The lowest BCUT2D eigenvalue weighted by Crippen LogP contribution is -2.09. The van der Waals surface area contributed by atoms with Crippen LogP contribution in [0.2, 0.25) is 0 Å². The summed E-state index contributed by atoms with van der Waals surface area (Å²) in [6, 6.07) is 3.64. The molecule has 0 aromatic carbocycles. The number of nitrogens with one attached hydrogen (secondary N) is 1. The largest absolute Gasteiger partial charge is 0.477 e. The van der Waals surface area contributed by atoms with E-state index in [2.05, 4.69) is 9.97 Å². The van der Waals surface area contributed by atoms with Gasteiger partial charge < -0.3 is 14.7 Å². The fourth-order valence-corrected chi connectivity index (χ4v) is 1.62. The predicted molar refractivity (Wildman–Crippen MR) is 59.9 cm³/mol. The number of rotatable bonds is 3. The Morgan fingerprint density at radius 1 is 1.50 bits per heavy atom. The van der Waals surface area contributed by atoms with E-state index in [1.807, 2.05) is 12.1 Å². The number of pyridine rings is 1. The molecule has 0 unspecified atom stereocenters. The van der Waals surface area contributed by atoms with E-state index >= 15 is 0 Å². The Labute approximate surface area is 96.4 Å². The van der Waals surface area contributed by atoms with Crippen molar-refractivity contribution in [3.05, 3.63) is 46.8 Å². The molecule has 0 saturated carbocycles. The van der Waals surface area contributed by atoms with Crippen LogP contribution < -0.4 is 0 Å². The third-order valence-electron chi connectivity index (χ3n) is 2.18. The average molecular weight is 235 g/mol. The topological polar surface area (TPSA) is 70.9 Å². The van der Waals surface area contributed by atoms with Gasteiger partial charge in [-0.25, -0.2) is 4.79 Å². The summed E-state index contributed by atoms with van der Waals surface area (Å²) < 4.78 is 1.93. The van der Waals surface area contributed by atoms with Gasteiger partial charge in [0.25, 0.3) is 0 Å². The van der Waals surface area contributed by atoms with Gasteiger partial charge in [-0.05, 0) is 29.9 Å². The quantitative estimate of drug-likeness (QED) is 0.794. The number of nitrogens with zero attached hydrogens (tertiary/aromatic N) is 2. The monoisotopic (exact) mass is 235 g/mol. The number of carboxylic acids is 1. The van der Waals surface area contributed by atoms with Gasteiger partial charge in [0.05, 0.1) is 6.54 Å². The van der Waals surface area contributed by atoms with E-state index in [9.17, 15) is 4.79 Å². The highest BCUT2D eigenvalue weighted by molar-refractivity contribution is 7.71. The van der Waals surface area contributed by atoms with E-state index in [1.54, 1.807) is 12.4 Å². The number of carboxylic acid groups (broad SMARTS) is 1. The third kappa shape index (κ3) is 2.01. The molecule has 2 aromatic heterocycles. The zero-order valence-corrected chi connectivity index (χ0v) is 9.07. The third-order valence-corrected chi connectivity index (χ3v) is 2.52. The molecule has 6 heteroatoms. The van der Waals surface area contributed by atoms with Crippen molar-refractivity contribution in [3.8, 4) is 0 Å². The van der Waals surface area contributed by atoms with Crippen molar-refractivity contribution >= 4 is 18.2 Å². The zero-order chi connectivity index (χ0) is 11.5. The first-order chi connectivity index (χ1) is 7.68. The number of aromatic amines is 1. The second-order valence-corrected chi connectivity index (χ2v) is 3.61. The second-order valence-electron chi connectivity index (χ2n) is 3.23. The maximum absolute atomic E-state index is 10.9. The molecule has 5 nitrogen and oxygen atoms in total. The minimum atomic E-state index is -0.999. The van der Waals surface area contributed by atoms with Crippen LogP contribution in [-0.4, -0.2) is 25.6 Å². The van der Waals surface area contributed by atoms with Gasteiger partial charge >= 0.3 is 5.97 Å². The van der Waals surface area contributed by atoms with E-state index in [-0.39, 0.29) is 5.69 Å². The summed E-state index contributed by atoms with van der Waals surface area (Å²) in [6.07, 6.45) is 4.71. The number of hydrogen-bond donors (Lipinski definition) is 2. The minimum absolute atomic E-state index is 0.154. The van der Waals surface area contributed by atoms with Crippen LogP contribution in [0.4, 0.5) is 0 Å². The van der Waals surface area contributed by atoms with Crippen molar-refractivity contribution in [2.75, 3.05) is 0 Å². The summed E-state index contributed by atoms with van der Waals surface area (Å²) in [5, 5.41) is 8.96. The summed E-state index contributed by atoms with van der Waals surface area (Å²) in [5.74, 6) is -0.999. The molecule has 0 atom stereocenters. The molecule has 2 N–H and O–H groups in total. The first kappa shape index (κ1) is 10.6. The highest BCUT2D eigenvalue weighted by Gasteiger charge is 2.11. The summed E-state index contributed by atoms with van der Waals surface area (Å²) in [5.41, 5.74) is 1.11. The molecule has 16 heavy (non-hydrogen) atoms. The lowest BCUT2D eigenvalue weighted by atomic mass is 10.2. The Kier molecular flexibility index (Phi) is 2.82. The Bertz CT molecular complexity index is 559. The molecule has 0 amide bonds. The standard InChI is InChI=1S/C10H9N3O2S/c14-9(15)8-5-12-10(16)13(8)6-7-1-3-11-4-2-7/h1-5H,6H2,(H,12,16)(H,14,15). The molecule has 0 saturated heterocycles. The van der Waals surface area contributed by atoms with Crippen LogP contribution in [0.15, 0.2) is 30.7 Å². The highest BCUT2D eigenvalue weighted by atomic mass is 32.1. The predicted octanol–water partition coefficient (Wildman–Crippen LogP) is 1.69. The molecule has 0 spiro atoms. The average Bonchev–Trinajstić information content (AvgIpc) is 2.62. The van der Waals surface area contributed by atoms with Gasteiger partial charge in [0.1, 0.15) is 5.69 Å². The highest BCUT2D eigenvalue weighted by Crippen LogP contribution is 2.06. The van der Waals surface area contributed by atoms with E-state index in [0.29, 0.717) is 11.3 Å². The smallest absolute Gasteiger partial charge is 0.354 e. The lowest BCUT2D eigenvalue weighted by molar-refractivity contribution is 0.0685. The summed E-state index contributed by atoms with van der Waals surface area (Å²) in [6.45, 7) is 0.423. The number of imidazole rings is 1. The Morgan fingerprint density at radius 3 is 2.81 bits per heavy atom. The van der Waals surface area contributed by atoms with Gasteiger partial charge in [0.2, 0.25) is 0 Å². The first-order valence-corrected chi connectivity index (χ1v) is 4.99. The molecular formula is C10H9N3O2S. The molecule has 0 radical (unpaired) electrons. The molecule has 0 aliphatic rings. The number of aromatic nitrogens is 3. The van der Waals surface area contributed by atoms with Crippen molar-refractivity contribution in [1.29, 1.82) is 0 Å². The Balaban J connectivity index is 2.38. The Morgan fingerprint density at radius 2 is 2.19 bits per heavy atom. The van der Waals surface area contributed by atoms with E-state index < -0.39 is 5.97 Å². The minimum Gasteiger partial charge on any atom is -0.477 e. The second kappa shape index (κ2) is 4.28. The van der Waals surface area contributed by atoms with Crippen molar-refractivity contribution in [3.63, 3.8) is 0 Å². The van der Waals surface area contributed by atoms with Crippen LogP contribution in [0.3, 0.4) is 0 Å². The number of aromatic carboxylic acids is 1. The number of carbonyl (C=O) groups is 1. The number of H-pyrrole nitrogens is 1. The summed E-state index contributed by atoms with van der Waals surface area (Å²) in [7, 11) is 0. The van der Waals surface area contributed by atoms with Gasteiger partial charge in [-0.3, -0.25) is 4.98 Å². The van der Waals surface area contributed by atoms with Crippen LogP contribution in [0.25, 0.3) is 0 Å². The molecular weight excluding hydrogens is 226 g/mol. The van der Waals surface area contributed by atoms with E-state index in [0.717, 1.165) is 5.56 Å². The normalized spacial score (nSPS) is 10.2. The fraction of sp³-hybridized carbons (Fsp3) is 0.100. The van der Waals surface area contributed by atoms with Gasteiger partial charge in [0, 0.05) is 18.6 Å². The van der Waals surface area contributed by atoms with Gasteiger partial charge in [0.15, 0.2) is 4.77 Å². The zero-order valence-electron chi connectivity index (χ0n) is 8.25. The van der Waals surface area contributed by atoms with Crippen LogP contribution in [-0.2, 0) is 6.54 Å². The van der Waals surface area contributed by atoms with Crippen molar-refractivity contribution in [2.24, 2.45) is 0 Å². The van der Waals surface area contributed by atoms with Crippen LogP contribution in [0.5, 0.6) is 0 Å². The Hall–Kier alpha value is -1.95. The van der Waals surface area contributed by atoms with Crippen molar-refractivity contribution in [1.82, 2.24) is 14.5 Å². The molecule has 2 rings (SSSR count). The first-order valence-electron chi connectivity index (χ1n) is 4.59. The van der Waals surface area contributed by atoms with Crippen molar-refractivity contribution in [2.45, 2.75) is 6.54 Å².